The predicted molar refractivity (Wildman–Crippen MR) is 97.0 cm³/mol. The Morgan fingerprint density at radius 3 is 2.64 bits per heavy atom. The minimum atomic E-state index is -4.40. The maximum absolute atomic E-state index is 12.7. The lowest BCUT2D eigenvalue weighted by Gasteiger charge is -2.26. The van der Waals surface area contributed by atoms with Crippen LogP contribution in [-0.2, 0) is 11.0 Å². The molecule has 0 radical (unpaired) electrons. The molecule has 0 aromatic carbocycles. The topological polar surface area (TPSA) is 74.5 Å². The number of amides is 1. The van der Waals surface area contributed by atoms with E-state index in [4.69, 9.17) is 4.52 Å². The molecule has 1 fully saturated rings. The van der Waals surface area contributed by atoms with E-state index in [1.165, 1.54) is 6.07 Å². The van der Waals surface area contributed by atoms with E-state index < -0.39 is 11.7 Å². The van der Waals surface area contributed by atoms with E-state index in [1.807, 2.05) is 16.7 Å². The number of nitrogens with one attached hydrogen (secondary N) is 1. The summed E-state index contributed by atoms with van der Waals surface area (Å²) in [5, 5.41) is 6.48. The zero-order chi connectivity index (χ0) is 20.3. The predicted octanol–water partition coefficient (Wildman–Crippen LogP) is 2.94. The van der Waals surface area contributed by atoms with Crippen molar-refractivity contribution in [3.63, 3.8) is 0 Å². The number of aromatic nitrogens is 2. The van der Waals surface area contributed by atoms with E-state index in [-0.39, 0.29) is 11.9 Å². The Hall–Kier alpha value is -2.62. The quantitative estimate of drug-likeness (QED) is 0.855. The SMILES string of the molecule is Cc1cc(NC(=O)C(C)N2CCCN(c3ccc(C(F)(F)F)cn3)CC2)no1. The van der Waals surface area contributed by atoms with E-state index >= 15 is 0 Å². The molecule has 28 heavy (non-hydrogen) atoms. The van der Waals surface area contributed by atoms with Crippen molar-refractivity contribution in [1.29, 1.82) is 0 Å². The molecule has 2 aromatic rings. The molecule has 7 nitrogen and oxygen atoms in total. The first-order valence-corrected chi connectivity index (χ1v) is 9.00. The number of halogens is 3. The number of anilines is 2. The van der Waals surface area contributed by atoms with E-state index in [2.05, 4.69) is 15.5 Å². The summed E-state index contributed by atoms with van der Waals surface area (Å²) in [6, 6.07) is 3.70. The third-order valence-electron chi connectivity index (χ3n) is 4.74. The van der Waals surface area contributed by atoms with Crippen LogP contribution in [-0.4, -0.2) is 53.2 Å². The number of hydrogen-bond donors (Lipinski definition) is 1. The fraction of sp³-hybridized carbons (Fsp3) is 0.500. The summed E-state index contributed by atoms with van der Waals surface area (Å²) in [4.78, 5) is 20.4. The number of hydrogen-bond acceptors (Lipinski definition) is 6. The zero-order valence-electron chi connectivity index (χ0n) is 15.7. The molecular weight excluding hydrogens is 375 g/mol. The standard InChI is InChI=1S/C18H22F3N5O2/c1-12-10-15(24-28-12)23-17(27)13(2)25-6-3-7-26(9-8-25)16-5-4-14(11-22-16)18(19,20)21/h4-5,10-11,13H,3,6-9H2,1-2H3,(H,23,24,27). The molecule has 0 spiro atoms. The van der Waals surface area contributed by atoms with Gasteiger partial charge in [-0.25, -0.2) is 4.98 Å². The van der Waals surface area contributed by atoms with Crippen LogP contribution in [0.4, 0.5) is 24.8 Å². The summed E-state index contributed by atoms with van der Waals surface area (Å²) >= 11 is 0. The second-order valence-electron chi connectivity index (χ2n) is 6.77. The van der Waals surface area contributed by atoms with Gasteiger partial charge in [0.15, 0.2) is 5.82 Å². The van der Waals surface area contributed by atoms with Gasteiger partial charge in [0, 0.05) is 38.4 Å². The molecule has 0 bridgehead atoms. The molecule has 152 valence electrons. The molecule has 1 saturated heterocycles. The lowest BCUT2D eigenvalue weighted by Crippen LogP contribution is -2.44. The number of alkyl halides is 3. The van der Waals surface area contributed by atoms with Gasteiger partial charge in [0.05, 0.1) is 11.6 Å². The van der Waals surface area contributed by atoms with E-state index in [0.29, 0.717) is 43.6 Å². The molecule has 0 aliphatic carbocycles. The molecule has 0 saturated carbocycles. The second-order valence-corrected chi connectivity index (χ2v) is 6.77. The van der Waals surface area contributed by atoms with Crippen molar-refractivity contribution in [2.24, 2.45) is 0 Å². The van der Waals surface area contributed by atoms with Gasteiger partial charge in [-0.05, 0) is 32.4 Å². The highest BCUT2D eigenvalue weighted by Gasteiger charge is 2.31. The van der Waals surface area contributed by atoms with Gasteiger partial charge in [0.25, 0.3) is 0 Å². The van der Waals surface area contributed by atoms with Gasteiger partial charge >= 0.3 is 6.18 Å². The molecule has 3 heterocycles. The van der Waals surface area contributed by atoms with Crippen LogP contribution in [0.25, 0.3) is 0 Å². The maximum Gasteiger partial charge on any atom is 0.417 e. The van der Waals surface area contributed by atoms with Gasteiger partial charge in [0.2, 0.25) is 5.91 Å². The first-order valence-electron chi connectivity index (χ1n) is 9.00. The summed E-state index contributed by atoms with van der Waals surface area (Å²) in [7, 11) is 0. The Bertz CT molecular complexity index is 806. The fourth-order valence-corrected chi connectivity index (χ4v) is 3.12. The average Bonchev–Trinajstić information content (AvgIpc) is 2.91. The van der Waals surface area contributed by atoms with Crippen LogP contribution in [0, 0.1) is 6.92 Å². The number of aryl methyl sites for hydroxylation is 1. The van der Waals surface area contributed by atoms with Crippen molar-refractivity contribution in [3.8, 4) is 0 Å². The highest BCUT2D eigenvalue weighted by molar-refractivity contribution is 5.93. The van der Waals surface area contributed by atoms with Crippen molar-refractivity contribution >= 4 is 17.5 Å². The van der Waals surface area contributed by atoms with Gasteiger partial charge < -0.3 is 14.7 Å². The third-order valence-corrected chi connectivity index (χ3v) is 4.74. The summed E-state index contributed by atoms with van der Waals surface area (Å²) in [6.07, 6.45) is -2.77. The van der Waals surface area contributed by atoms with E-state index in [9.17, 15) is 18.0 Å². The van der Waals surface area contributed by atoms with Crippen LogP contribution >= 0.6 is 0 Å². The van der Waals surface area contributed by atoms with Crippen molar-refractivity contribution in [2.75, 3.05) is 36.4 Å². The summed E-state index contributed by atoms with van der Waals surface area (Å²) in [5.41, 5.74) is -0.763. The lowest BCUT2D eigenvalue weighted by molar-refractivity contribution is -0.137. The van der Waals surface area contributed by atoms with Crippen LogP contribution in [0.5, 0.6) is 0 Å². The Balaban J connectivity index is 1.58. The maximum atomic E-state index is 12.7. The number of nitrogens with zero attached hydrogens (tertiary/aromatic N) is 4. The molecule has 1 N–H and O–H groups in total. The van der Waals surface area contributed by atoms with Crippen molar-refractivity contribution in [3.05, 3.63) is 35.7 Å². The number of pyridine rings is 1. The highest BCUT2D eigenvalue weighted by Crippen LogP contribution is 2.29. The monoisotopic (exact) mass is 397 g/mol. The van der Waals surface area contributed by atoms with Gasteiger partial charge in [-0.3, -0.25) is 9.69 Å². The normalized spacial score (nSPS) is 17.2. The Morgan fingerprint density at radius 1 is 1.25 bits per heavy atom. The molecule has 2 aromatic heterocycles. The summed E-state index contributed by atoms with van der Waals surface area (Å²) in [5.74, 6) is 1.30. The fourth-order valence-electron chi connectivity index (χ4n) is 3.12. The van der Waals surface area contributed by atoms with Crippen molar-refractivity contribution < 1.29 is 22.5 Å². The van der Waals surface area contributed by atoms with Crippen LogP contribution in [0.15, 0.2) is 28.9 Å². The van der Waals surface area contributed by atoms with Crippen LogP contribution in [0.1, 0.15) is 24.7 Å². The van der Waals surface area contributed by atoms with E-state index in [1.54, 1.807) is 13.0 Å². The van der Waals surface area contributed by atoms with Crippen molar-refractivity contribution in [1.82, 2.24) is 15.0 Å². The minimum absolute atomic E-state index is 0.186. The third kappa shape index (κ3) is 4.80. The number of carbonyl (C=O) groups excluding carboxylic acids is 1. The molecule has 1 aliphatic rings. The minimum Gasteiger partial charge on any atom is -0.360 e. The first-order chi connectivity index (χ1) is 13.2. The van der Waals surface area contributed by atoms with Gasteiger partial charge in [-0.15, -0.1) is 0 Å². The smallest absolute Gasteiger partial charge is 0.360 e. The largest absolute Gasteiger partial charge is 0.417 e. The lowest BCUT2D eigenvalue weighted by atomic mass is 10.2. The molecule has 1 amide bonds. The highest BCUT2D eigenvalue weighted by atomic mass is 19.4. The molecule has 1 aliphatic heterocycles. The molecule has 3 rings (SSSR count). The zero-order valence-corrected chi connectivity index (χ0v) is 15.7. The van der Waals surface area contributed by atoms with Crippen molar-refractivity contribution in [2.45, 2.75) is 32.5 Å². The summed E-state index contributed by atoms with van der Waals surface area (Å²) in [6.45, 7) is 6.07. The Kier molecular flexibility index (Phi) is 5.87. The Labute approximate surface area is 160 Å². The Morgan fingerprint density at radius 2 is 2.04 bits per heavy atom. The average molecular weight is 397 g/mol. The molecular formula is C18H22F3N5O2. The first kappa shape index (κ1) is 20.1. The summed E-state index contributed by atoms with van der Waals surface area (Å²) < 4.78 is 43.0. The van der Waals surface area contributed by atoms with Crippen LogP contribution in [0.2, 0.25) is 0 Å². The second kappa shape index (κ2) is 8.17. The van der Waals surface area contributed by atoms with Crippen LogP contribution in [0.3, 0.4) is 0 Å². The van der Waals surface area contributed by atoms with Gasteiger partial charge in [-0.1, -0.05) is 5.16 Å². The van der Waals surface area contributed by atoms with E-state index in [0.717, 1.165) is 18.7 Å². The number of rotatable bonds is 4. The van der Waals surface area contributed by atoms with Gasteiger partial charge in [-0.2, -0.15) is 13.2 Å². The molecule has 10 heteroatoms. The molecule has 1 unspecified atom stereocenters. The van der Waals surface area contributed by atoms with Gasteiger partial charge in [0.1, 0.15) is 11.6 Å². The molecule has 1 atom stereocenters. The number of carbonyl (C=O) groups is 1. The van der Waals surface area contributed by atoms with Crippen LogP contribution < -0.4 is 10.2 Å².